The normalized spacial score (nSPS) is 25.2. The van der Waals surface area contributed by atoms with Crippen LogP contribution in [0.4, 0.5) is 8.78 Å². The molecule has 0 aliphatic carbocycles. The van der Waals surface area contributed by atoms with Gasteiger partial charge < -0.3 is 10.2 Å². The third-order valence-electron chi connectivity index (χ3n) is 4.53. The zero-order valence-corrected chi connectivity index (χ0v) is 14.6. The van der Waals surface area contributed by atoms with E-state index in [1.165, 1.54) is 24.3 Å². The summed E-state index contributed by atoms with van der Waals surface area (Å²) in [5, 5.41) is 11.7. The molecule has 0 aromatic heterocycles. The summed E-state index contributed by atoms with van der Waals surface area (Å²) in [4.78, 5) is 13.4. The van der Waals surface area contributed by atoms with Gasteiger partial charge in [-0.25, -0.2) is 21.9 Å². The molecule has 2 saturated heterocycles. The first-order valence-electron chi connectivity index (χ1n) is 8.13. The molecule has 2 fully saturated rings. The van der Waals surface area contributed by atoms with E-state index in [0.29, 0.717) is 5.56 Å². The highest BCUT2D eigenvalue weighted by molar-refractivity contribution is 7.89. The Bertz CT molecular complexity index is 836. The van der Waals surface area contributed by atoms with Gasteiger partial charge in [0.05, 0.1) is 29.1 Å². The van der Waals surface area contributed by atoms with Crippen molar-refractivity contribution in [3.8, 4) is 6.07 Å². The SMILES string of the molecule is N#Cc1ccc(S(=O)(=O)N[C@@H]2CN[C@H](C(=O)N3CCC(F)(F)C3)C2)cc1. The Morgan fingerprint density at radius 2 is 2.04 bits per heavy atom. The second-order valence-electron chi connectivity index (χ2n) is 6.52. The van der Waals surface area contributed by atoms with Gasteiger partial charge in [0.15, 0.2) is 0 Å². The van der Waals surface area contributed by atoms with Crippen LogP contribution >= 0.6 is 0 Å². The lowest BCUT2D eigenvalue weighted by Crippen LogP contribution is -2.43. The Hall–Kier alpha value is -2.09. The summed E-state index contributed by atoms with van der Waals surface area (Å²) >= 11 is 0. The number of benzene rings is 1. The number of halogens is 2. The van der Waals surface area contributed by atoms with E-state index >= 15 is 0 Å². The molecule has 2 N–H and O–H groups in total. The highest BCUT2D eigenvalue weighted by Gasteiger charge is 2.43. The number of rotatable bonds is 4. The lowest BCUT2D eigenvalue weighted by Gasteiger charge is -2.20. The number of hydrogen-bond donors (Lipinski definition) is 2. The molecule has 0 bridgehead atoms. The van der Waals surface area contributed by atoms with Gasteiger partial charge >= 0.3 is 0 Å². The molecule has 140 valence electrons. The van der Waals surface area contributed by atoms with Gasteiger partial charge in [-0.15, -0.1) is 0 Å². The summed E-state index contributed by atoms with van der Waals surface area (Å²) in [6.07, 6.45) is -0.156. The van der Waals surface area contributed by atoms with Gasteiger partial charge in [-0.2, -0.15) is 5.26 Å². The van der Waals surface area contributed by atoms with E-state index in [1.54, 1.807) is 0 Å². The van der Waals surface area contributed by atoms with Crippen molar-refractivity contribution in [2.45, 2.75) is 35.7 Å². The third kappa shape index (κ3) is 4.00. The second-order valence-corrected chi connectivity index (χ2v) is 8.23. The molecule has 2 heterocycles. The number of nitriles is 1. The minimum absolute atomic E-state index is 0.00560. The molecule has 0 unspecified atom stereocenters. The van der Waals surface area contributed by atoms with E-state index in [0.717, 1.165) is 4.90 Å². The van der Waals surface area contributed by atoms with E-state index < -0.39 is 40.5 Å². The molecule has 1 aromatic carbocycles. The van der Waals surface area contributed by atoms with Gasteiger partial charge in [-0.1, -0.05) is 0 Å². The van der Waals surface area contributed by atoms with Crippen LogP contribution in [0.2, 0.25) is 0 Å². The number of hydrogen-bond acceptors (Lipinski definition) is 5. The van der Waals surface area contributed by atoms with Gasteiger partial charge in [0.25, 0.3) is 5.92 Å². The zero-order chi connectivity index (χ0) is 18.9. The van der Waals surface area contributed by atoms with Crippen LogP contribution in [0.1, 0.15) is 18.4 Å². The third-order valence-corrected chi connectivity index (χ3v) is 6.06. The molecule has 0 saturated carbocycles. The summed E-state index contributed by atoms with van der Waals surface area (Å²) in [6, 6.07) is 6.18. The maximum atomic E-state index is 13.3. The van der Waals surface area contributed by atoms with Crippen molar-refractivity contribution in [2.24, 2.45) is 0 Å². The van der Waals surface area contributed by atoms with Crippen LogP contribution < -0.4 is 10.0 Å². The maximum absolute atomic E-state index is 13.3. The molecule has 0 spiro atoms. The van der Waals surface area contributed by atoms with Crippen LogP contribution in [0.5, 0.6) is 0 Å². The van der Waals surface area contributed by atoms with E-state index in [-0.39, 0.29) is 30.8 Å². The molecule has 26 heavy (non-hydrogen) atoms. The van der Waals surface area contributed by atoms with Gasteiger partial charge in [-0.05, 0) is 30.7 Å². The highest BCUT2D eigenvalue weighted by Crippen LogP contribution is 2.28. The van der Waals surface area contributed by atoms with Gasteiger partial charge in [0.1, 0.15) is 0 Å². The fourth-order valence-corrected chi connectivity index (χ4v) is 4.40. The summed E-state index contributed by atoms with van der Waals surface area (Å²) in [6.45, 7) is -0.354. The van der Waals surface area contributed by atoms with Crippen molar-refractivity contribution in [3.05, 3.63) is 29.8 Å². The molecule has 10 heteroatoms. The average molecular weight is 384 g/mol. The molecule has 1 amide bonds. The Labute approximate surface area is 150 Å². The molecular formula is C16H18F2N4O3S. The number of carbonyl (C=O) groups excluding carboxylic acids is 1. The fourth-order valence-electron chi connectivity index (χ4n) is 3.15. The average Bonchev–Trinajstić information content (AvgIpc) is 3.20. The lowest BCUT2D eigenvalue weighted by atomic mass is 10.1. The second kappa shape index (κ2) is 6.90. The minimum atomic E-state index is -3.80. The molecule has 2 aliphatic heterocycles. The summed E-state index contributed by atoms with van der Waals surface area (Å²) in [5.41, 5.74) is 0.347. The first-order valence-corrected chi connectivity index (χ1v) is 9.61. The molecule has 2 aliphatic rings. The first kappa shape index (κ1) is 18.7. The number of carbonyl (C=O) groups is 1. The number of sulfonamides is 1. The predicted molar refractivity (Wildman–Crippen MR) is 87.8 cm³/mol. The predicted octanol–water partition coefficient (Wildman–Crippen LogP) is 0.435. The van der Waals surface area contributed by atoms with Crippen molar-refractivity contribution >= 4 is 15.9 Å². The Morgan fingerprint density at radius 3 is 2.62 bits per heavy atom. The molecule has 2 atom stereocenters. The van der Waals surface area contributed by atoms with E-state index in [1.807, 2.05) is 6.07 Å². The molecular weight excluding hydrogens is 366 g/mol. The highest BCUT2D eigenvalue weighted by atomic mass is 32.2. The molecule has 0 radical (unpaired) electrons. The monoisotopic (exact) mass is 384 g/mol. The van der Waals surface area contributed by atoms with Crippen molar-refractivity contribution in [3.63, 3.8) is 0 Å². The van der Waals surface area contributed by atoms with Crippen LogP contribution in [0.3, 0.4) is 0 Å². The quantitative estimate of drug-likeness (QED) is 0.784. The number of alkyl halides is 2. The molecule has 7 nitrogen and oxygen atoms in total. The van der Waals surface area contributed by atoms with Gasteiger partial charge in [0.2, 0.25) is 15.9 Å². The first-order chi connectivity index (χ1) is 12.2. The topological polar surface area (TPSA) is 102 Å². The Morgan fingerprint density at radius 1 is 1.35 bits per heavy atom. The number of nitrogens with zero attached hydrogens (tertiary/aromatic N) is 2. The van der Waals surface area contributed by atoms with E-state index in [9.17, 15) is 22.0 Å². The number of likely N-dealkylation sites (tertiary alicyclic amines) is 1. The van der Waals surface area contributed by atoms with Crippen LogP contribution in [0, 0.1) is 11.3 Å². The van der Waals surface area contributed by atoms with Crippen molar-refractivity contribution in [1.82, 2.24) is 14.9 Å². The van der Waals surface area contributed by atoms with Crippen LogP contribution in [-0.4, -0.2) is 56.9 Å². The van der Waals surface area contributed by atoms with Crippen LogP contribution in [0.25, 0.3) is 0 Å². The smallest absolute Gasteiger partial charge is 0.267 e. The zero-order valence-electron chi connectivity index (χ0n) is 13.8. The van der Waals surface area contributed by atoms with Gasteiger partial charge in [0, 0.05) is 25.6 Å². The van der Waals surface area contributed by atoms with Gasteiger partial charge in [-0.3, -0.25) is 4.79 Å². The van der Waals surface area contributed by atoms with E-state index in [4.69, 9.17) is 5.26 Å². The lowest BCUT2D eigenvalue weighted by molar-refractivity contribution is -0.133. The summed E-state index contributed by atoms with van der Waals surface area (Å²) < 4.78 is 53.8. The largest absolute Gasteiger partial charge is 0.335 e. The standard InChI is InChI=1S/C16H18F2N4O3S/c17-16(18)5-6-22(10-16)15(23)14-7-12(9-20-14)21-26(24,25)13-3-1-11(8-19)2-4-13/h1-4,12,14,20-21H,5-7,9-10H2/t12-,14-/m0/s1. The molecule has 3 rings (SSSR count). The maximum Gasteiger partial charge on any atom is 0.267 e. The molecule has 1 aromatic rings. The Kier molecular flexibility index (Phi) is 4.96. The van der Waals surface area contributed by atoms with Crippen LogP contribution in [-0.2, 0) is 14.8 Å². The van der Waals surface area contributed by atoms with Crippen molar-refractivity contribution in [2.75, 3.05) is 19.6 Å². The van der Waals surface area contributed by atoms with Crippen molar-refractivity contribution in [1.29, 1.82) is 5.26 Å². The number of nitrogens with one attached hydrogen (secondary N) is 2. The number of amides is 1. The van der Waals surface area contributed by atoms with Crippen molar-refractivity contribution < 1.29 is 22.0 Å². The Balaban J connectivity index is 1.60. The van der Waals surface area contributed by atoms with E-state index in [2.05, 4.69) is 10.0 Å². The van der Waals surface area contributed by atoms with Crippen LogP contribution in [0.15, 0.2) is 29.2 Å². The summed E-state index contributed by atoms with van der Waals surface area (Å²) in [5.74, 6) is -3.28. The summed E-state index contributed by atoms with van der Waals surface area (Å²) in [7, 11) is -3.80. The minimum Gasteiger partial charge on any atom is -0.335 e. The fraction of sp³-hybridized carbons (Fsp3) is 0.500.